The van der Waals surface area contributed by atoms with E-state index >= 15 is 0 Å². The molecular formula is C14H18FNO3. The van der Waals surface area contributed by atoms with Crippen molar-refractivity contribution in [3.8, 4) is 0 Å². The van der Waals surface area contributed by atoms with Crippen LogP contribution in [-0.4, -0.2) is 28.8 Å². The molecule has 2 atom stereocenters. The van der Waals surface area contributed by atoms with Crippen LogP contribution in [0.15, 0.2) is 36.9 Å². The van der Waals surface area contributed by atoms with Gasteiger partial charge in [-0.1, -0.05) is 18.2 Å². The van der Waals surface area contributed by atoms with Crippen molar-refractivity contribution in [2.24, 2.45) is 0 Å². The molecule has 0 radical (unpaired) electrons. The normalized spacial score (nSPS) is 13.8. The van der Waals surface area contributed by atoms with Gasteiger partial charge in [0.25, 0.3) is 0 Å². The summed E-state index contributed by atoms with van der Waals surface area (Å²) in [6.07, 6.45) is 0.972. The van der Waals surface area contributed by atoms with Crippen LogP contribution in [0.4, 0.5) is 4.39 Å². The SMILES string of the molecule is C=CCNC(CCC(=O)O)C(O)c1ccc(F)cc1. The third-order valence-corrected chi connectivity index (χ3v) is 2.79. The summed E-state index contributed by atoms with van der Waals surface area (Å²) in [7, 11) is 0. The molecule has 1 aromatic carbocycles. The molecule has 0 aliphatic carbocycles. The molecule has 0 bridgehead atoms. The van der Waals surface area contributed by atoms with Crippen LogP contribution in [0.3, 0.4) is 0 Å². The topological polar surface area (TPSA) is 69.6 Å². The van der Waals surface area contributed by atoms with Gasteiger partial charge in [-0.3, -0.25) is 4.79 Å². The molecule has 0 heterocycles. The Morgan fingerprint density at radius 1 is 1.42 bits per heavy atom. The zero-order valence-corrected chi connectivity index (χ0v) is 10.6. The second-order valence-electron chi connectivity index (χ2n) is 4.23. The fourth-order valence-electron chi connectivity index (χ4n) is 1.78. The summed E-state index contributed by atoms with van der Waals surface area (Å²) in [5, 5.41) is 21.9. The Hall–Kier alpha value is -1.72. The molecule has 0 saturated heterocycles. The summed E-state index contributed by atoms with van der Waals surface area (Å²) in [6, 6.07) is 5.09. The average molecular weight is 267 g/mol. The Bertz CT molecular complexity index is 419. The number of nitrogens with one attached hydrogen (secondary N) is 1. The predicted octanol–water partition coefficient (Wildman–Crippen LogP) is 1.87. The Morgan fingerprint density at radius 2 is 2.05 bits per heavy atom. The molecule has 1 rings (SSSR count). The predicted molar refractivity (Wildman–Crippen MR) is 70.2 cm³/mol. The van der Waals surface area contributed by atoms with Crippen molar-refractivity contribution in [3.63, 3.8) is 0 Å². The second kappa shape index (κ2) is 7.66. The molecule has 0 amide bonds. The van der Waals surface area contributed by atoms with Gasteiger partial charge in [0, 0.05) is 19.0 Å². The molecule has 0 aromatic heterocycles. The van der Waals surface area contributed by atoms with E-state index in [-0.39, 0.29) is 18.7 Å². The van der Waals surface area contributed by atoms with E-state index in [0.29, 0.717) is 12.1 Å². The summed E-state index contributed by atoms with van der Waals surface area (Å²) in [5.74, 6) is -1.30. The lowest BCUT2D eigenvalue weighted by Crippen LogP contribution is -2.35. The zero-order valence-electron chi connectivity index (χ0n) is 10.6. The van der Waals surface area contributed by atoms with Crippen molar-refractivity contribution in [1.29, 1.82) is 0 Å². The van der Waals surface area contributed by atoms with Gasteiger partial charge < -0.3 is 15.5 Å². The summed E-state index contributed by atoms with van der Waals surface area (Å²) >= 11 is 0. The van der Waals surface area contributed by atoms with Crippen LogP contribution in [0.1, 0.15) is 24.5 Å². The fraction of sp³-hybridized carbons (Fsp3) is 0.357. The molecule has 0 fully saturated rings. The van der Waals surface area contributed by atoms with Gasteiger partial charge in [0.1, 0.15) is 5.82 Å². The van der Waals surface area contributed by atoms with Crippen LogP contribution in [-0.2, 0) is 4.79 Å². The van der Waals surface area contributed by atoms with Crippen LogP contribution in [0.25, 0.3) is 0 Å². The van der Waals surface area contributed by atoms with Crippen molar-refractivity contribution in [2.75, 3.05) is 6.54 Å². The monoisotopic (exact) mass is 267 g/mol. The highest BCUT2D eigenvalue weighted by molar-refractivity contribution is 5.66. The average Bonchev–Trinajstić information content (AvgIpc) is 2.39. The molecule has 104 valence electrons. The number of aliphatic hydroxyl groups is 1. The van der Waals surface area contributed by atoms with Crippen LogP contribution < -0.4 is 5.32 Å². The van der Waals surface area contributed by atoms with Gasteiger partial charge in [-0.25, -0.2) is 4.39 Å². The van der Waals surface area contributed by atoms with Crippen molar-refractivity contribution in [3.05, 3.63) is 48.3 Å². The van der Waals surface area contributed by atoms with Gasteiger partial charge in [-0.2, -0.15) is 0 Å². The van der Waals surface area contributed by atoms with E-state index in [0.717, 1.165) is 0 Å². The lowest BCUT2D eigenvalue weighted by atomic mass is 9.98. The molecule has 0 saturated carbocycles. The molecule has 3 N–H and O–H groups in total. The molecule has 0 aliphatic heterocycles. The molecule has 4 nitrogen and oxygen atoms in total. The minimum Gasteiger partial charge on any atom is -0.481 e. The number of hydrogen-bond acceptors (Lipinski definition) is 3. The van der Waals surface area contributed by atoms with Crippen LogP contribution in [0.2, 0.25) is 0 Å². The first kappa shape index (κ1) is 15.3. The number of hydrogen-bond donors (Lipinski definition) is 3. The first-order chi connectivity index (χ1) is 9.04. The quantitative estimate of drug-likeness (QED) is 0.629. The Balaban J connectivity index is 2.73. The first-order valence-corrected chi connectivity index (χ1v) is 6.04. The number of aliphatic carboxylic acids is 1. The highest BCUT2D eigenvalue weighted by atomic mass is 19.1. The number of rotatable bonds is 8. The number of halogens is 1. The van der Waals surface area contributed by atoms with E-state index in [2.05, 4.69) is 11.9 Å². The maximum Gasteiger partial charge on any atom is 0.303 e. The Kier molecular flexibility index (Phi) is 6.18. The van der Waals surface area contributed by atoms with Gasteiger partial charge in [0.05, 0.1) is 6.10 Å². The maximum absolute atomic E-state index is 12.8. The van der Waals surface area contributed by atoms with Crippen LogP contribution >= 0.6 is 0 Å². The van der Waals surface area contributed by atoms with E-state index < -0.39 is 18.1 Å². The van der Waals surface area contributed by atoms with Crippen LogP contribution in [0.5, 0.6) is 0 Å². The third-order valence-electron chi connectivity index (χ3n) is 2.79. The summed E-state index contributed by atoms with van der Waals surface area (Å²) < 4.78 is 12.8. The van der Waals surface area contributed by atoms with Crippen molar-refractivity contribution >= 4 is 5.97 Å². The van der Waals surface area contributed by atoms with E-state index in [1.165, 1.54) is 24.3 Å². The zero-order chi connectivity index (χ0) is 14.3. The summed E-state index contributed by atoms with van der Waals surface area (Å²) in [5.41, 5.74) is 0.549. The highest BCUT2D eigenvalue weighted by Crippen LogP contribution is 2.20. The van der Waals surface area contributed by atoms with Crippen molar-refractivity contribution < 1.29 is 19.4 Å². The number of carboxylic acids is 1. The van der Waals surface area contributed by atoms with E-state index in [1.54, 1.807) is 6.08 Å². The van der Waals surface area contributed by atoms with Crippen molar-refractivity contribution in [1.82, 2.24) is 5.32 Å². The molecule has 19 heavy (non-hydrogen) atoms. The van der Waals surface area contributed by atoms with Gasteiger partial charge >= 0.3 is 5.97 Å². The van der Waals surface area contributed by atoms with E-state index in [1.807, 2.05) is 0 Å². The van der Waals surface area contributed by atoms with Crippen molar-refractivity contribution in [2.45, 2.75) is 25.0 Å². The lowest BCUT2D eigenvalue weighted by molar-refractivity contribution is -0.137. The van der Waals surface area contributed by atoms with Gasteiger partial charge in [0.15, 0.2) is 0 Å². The van der Waals surface area contributed by atoms with Gasteiger partial charge in [-0.05, 0) is 24.1 Å². The number of aliphatic hydroxyl groups excluding tert-OH is 1. The first-order valence-electron chi connectivity index (χ1n) is 6.04. The summed E-state index contributed by atoms with van der Waals surface area (Å²) in [6.45, 7) is 4.02. The van der Waals surface area contributed by atoms with Gasteiger partial charge in [-0.15, -0.1) is 6.58 Å². The molecule has 2 unspecified atom stereocenters. The second-order valence-corrected chi connectivity index (χ2v) is 4.23. The maximum atomic E-state index is 12.8. The molecular weight excluding hydrogens is 249 g/mol. The third kappa shape index (κ3) is 5.19. The number of carboxylic acid groups (broad SMARTS) is 1. The molecule has 1 aromatic rings. The molecule has 0 aliphatic rings. The minimum absolute atomic E-state index is 0.0485. The van der Waals surface area contributed by atoms with Crippen LogP contribution in [0, 0.1) is 5.82 Å². The Labute approximate surface area is 111 Å². The number of carbonyl (C=O) groups is 1. The summed E-state index contributed by atoms with van der Waals surface area (Å²) in [4.78, 5) is 10.6. The van der Waals surface area contributed by atoms with E-state index in [4.69, 9.17) is 5.11 Å². The molecule has 0 spiro atoms. The number of benzene rings is 1. The smallest absolute Gasteiger partial charge is 0.303 e. The Morgan fingerprint density at radius 3 is 2.58 bits per heavy atom. The molecule has 5 heteroatoms. The lowest BCUT2D eigenvalue weighted by Gasteiger charge is -2.23. The highest BCUT2D eigenvalue weighted by Gasteiger charge is 2.20. The largest absolute Gasteiger partial charge is 0.481 e. The van der Waals surface area contributed by atoms with E-state index in [9.17, 15) is 14.3 Å². The standard InChI is InChI=1S/C14H18FNO3/c1-2-9-16-12(7-8-13(17)18)14(19)10-3-5-11(15)6-4-10/h2-6,12,14,16,19H,1,7-9H2,(H,17,18). The minimum atomic E-state index is -0.920. The van der Waals surface area contributed by atoms with Gasteiger partial charge in [0.2, 0.25) is 0 Å². The fourth-order valence-corrected chi connectivity index (χ4v) is 1.78.